The van der Waals surface area contributed by atoms with Crippen molar-refractivity contribution >= 4 is 0 Å². The van der Waals surface area contributed by atoms with Crippen LogP contribution < -0.4 is 0 Å². The van der Waals surface area contributed by atoms with Crippen LogP contribution in [0.15, 0.2) is 97.1 Å². The molecule has 2 aromatic heterocycles. The molecule has 2 nitrogen and oxygen atoms in total. The van der Waals surface area contributed by atoms with Crippen molar-refractivity contribution in [3.8, 4) is 22.5 Å². The summed E-state index contributed by atoms with van der Waals surface area (Å²) in [5, 5.41) is 0. The summed E-state index contributed by atoms with van der Waals surface area (Å²) in [7, 11) is 0. The highest BCUT2D eigenvalue weighted by atomic mass is 14.8. The molecule has 26 heavy (non-hydrogen) atoms. The Hall–Kier alpha value is -3.26. The van der Waals surface area contributed by atoms with Crippen molar-refractivity contribution in [2.75, 3.05) is 0 Å². The van der Waals surface area contributed by atoms with Crippen LogP contribution in [-0.4, -0.2) is 9.97 Å². The van der Waals surface area contributed by atoms with E-state index in [4.69, 9.17) is 9.97 Å². The monoisotopic (exact) mass is 336 g/mol. The molecule has 2 heterocycles. The molecule has 0 spiro atoms. The van der Waals surface area contributed by atoms with Crippen LogP contribution in [0.25, 0.3) is 22.5 Å². The van der Waals surface area contributed by atoms with Crippen LogP contribution in [0.3, 0.4) is 0 Å². The van der Waals surface area contributed by atoms with Crippen LogP contribution in [0.2, 0.25) is 0 Å². The van der Waals surface area contributed by atoms with Crippen LogP contribution in [0, 0.1) is 0 Å². The lowest BCUT2D eigenvalue weighted by Crippen LogP contribution is -2.03. The van der Waals surface area contributed by atoms with Gasteiger partial charge in [0.2, 0.25) is 0 Å². The second-order valence-electron chi connectivity index (χ2n) is 6.35. The molecular formula is C24H20N2. The first-order valence-corrected chi connectivity index (χ1v) is 8.86. The number of rotatable bonds is 4. The van der Waals surface area contributed by atoms with E-state index in [9.17, 15) is 0 Å². The lowest BCUT2D eigenvalue weighted by Gasteiger charge is -2.13. The van der Waals surface area contributed by atoms with Gasteiger partial charge >= 0.3 is 0 Å². The van der Waals surface area contributed by atoms with Gasteiger partial charge in [-0.25, -0.2) is 0 Å². The summed E-state index contributed by atoms with van der Waals surface area (Å²) in [6, 6.07) is 33.0. The van der Waals surface area contributed by atoms with Crippen molar-refractivity contribution in [2.45, 2.75) is 12.8 Å². The molecule has 0 saturated heterocycles. The topological polar surface area (TPSA) is 25.8 Å². The molecule has 0 radical (unpaired) electrons. The molecule has 0 aliphatic heterocycles. The van der Waals surface area contributed by atoms with Gasteiger partial charge in [0.1, 0.15) is 0 Å². The highest BCUT2D eigenvalue weighted by molar-refractivity contribution is 5.60. The molecule has 0 amide bonds. The fourth-order valence-corrected chi connectivity index (χ4v) is 3.08. The quantitative estimate of drug-likeness (QED) is 0.459. The molecule has 0 atom stereocenters. The van der Waals surface area contributed by atoms with Crippen LogP contribution >= 0.6 is 0 Å². The highest BCUT2D eigenvalue weighted by Gasteiger charge is 2.13. The fourth-order valence-electron chi connectivity index (χ4n) is 3.08. The first-order valence-electron chi connectivity index (χ1n) is 8.86. The fraction of sp³-hybridized carbons (Fsp3) is 0.0833. The Morgan fingerprint density at radius 3 is 1.35 bits per heavy atom. The van der Waals surface area contributed by atoms with E-state index in [2.05, 4.69) is 67.6 Å². The van der Waals surface area contributed by atoms with E-state index >= 15 is 0 Å². The van der Waals surface area contributed by atoms with Gasteiger partial charge in [-0.3, -0.25) is 9.97 Å². The van der Waals surface area contributed by atoms with Crippen molar-refractivity contribution in [2.24, 2.45) is 0 Å². The third-order valence-electron chi connectivity index (χ3n) is 4.57. The zero-order valence-corrected chi connectivity index (χ0v) is 14.7. The summed E-state index contributed by atoms with van der Waals surface area (Å²) in [5.74, 6) is 0.127. The zero-order valence-electron chi connectivity index (χ0n) is 14.7. The van der Waals surface area contributed by atoms with E-state index in [0.717, 1.165) is 33.9 Å². The van der Waals surface area contributed by atoms with E-state index in [1.807, 2.05) is 36.4 Å². The van der Waals surface area contributed by atoms with Crippen LogP contribution in [0.1, 0.15) is 24.2 Å². The lowest BCUT2D eigenvalue weighted by atomic mass is 10.0. The smallest absolute Gasteiger partial charge is 0.0705 e. The van der Waals surface area contributed by atoms with Gasteiger partial charge in [0.15, 0.2) is 0 Å². The summed E-state index contributed by atoms with van der Waals surface area (Å²) in [4.78, 5) is 9.76. The number of nitrogens with zero attached hydrogens (tertiary/aromatic N) is 2. The Morgan fingerprint density at radius 2 is 0.923 bits per heavy atom. The summed E-state index contributed by atoms with van der Waals surface area (Å²) in [6.07, 6.45) is 0. The minimum Gasteiger partial charge on any atom is -0.252 e. The number of aromatic nitrogens is 2. The van der Waals surface area contributed by atoms with Gasteiger partial charge in [0.05, 0.1) is 11.4 Å². The number of pyridine rings is 2. The van der Waals surface area contributed by atoms with Gasteiger partial charge in [-0.05, 0) is 24.3 Å². The molecule has 2 heteroatoms. The van der Waals surface area contributed by atoms with E-state index in [1.165, 1.54) is 0 Å². The van der Waals surface area contributed by atoms with Crippen LogP contribution in [0.5, 0.6) is 0 Å². The third kappa shape index (κ3) is 3.40. The predicted octanol–water partition coefficient (Wildman–Crippen LogP) is 5.96. The SMILES string of the molecule is CC(c1cccc(-c2ccccc2)n1)c1cccc(-c2ccccc2)n1. The molecule has 2 aromatic carbocycles. The minimum absolute atomic E-state index is 0.127. The maximum atomic E-state index is 4.88. The van der Waals surface area contributed by atoms with Crippen LogP contribution in [-0.2, 0) is 0 Å². The maximum Gasteiger partial charge on any atom is 0.0705 e. The molecule has 0 unspecified atom stereocenters. The average Bonchev–Trinajstić information content (AvgIpc) is 2.75. The van der Waals surface area contributed by atoms with Crippen molar-refractivity contribution in [1.82, 2.24) is 9.97 Å². The molecule has 0 bridgehead atoms. The Morgan fingerprint density at radius 1 is 0.500 bits per heavy atom. The zero-order chi connectivity index (χ0) is 17.8. The first kappa shape index (κ1) is 16.2. The van der Waals surface area contributed by atoms with E-state index in [-0.39, 0.29) is 5.92 Å². The van der Waals surface area contributed by atoms with Gasteiger partial charge in [0, 0.05) is 28.4 Å². The number of benzene rings is 2. The molecule has 126 valence electrons. The summed E-state index contributed by atoms with van der Waals surface area (Å²) >= 11 is 0. The normalized spacial score (nSPS) is 10.8. The molecule has 0 N–H and O–H groups in total. The van der Waals surface area contributed by atoms with Gasteiger partial charge in [-0.2, -0.15) is 0 Å². The van der Waals surface area contributed by atoms with Gasteiger partial charge in [-0.1, -0.05) is 79.7 Å². The largest absolute Gasteiger partial charge is 0.252 e. The second-order valence-corrected chi connectivity index (χ2v) is 6.35. The molecule has 0 aliphatic rings. The third-order valence-corrected chi connectivity index (χ3v) is 4.57. The van der Waals surface area contributed by atoms with Gasteiger partial charge in [-0.15, -0.1) is 0 Å². The van der Waals surface area contributed by atoms with E-state index in [1.54, 1.807) is 0 Å². The highest BCUT2D eigenvalue weighted by Crippen LogP contribution is 2.26. The minimum atomic E-state index is 0.127. The van der Waals surface area contributed by atoms with Crippen molar-refractivity contribution < 1.29 is 0 Å². The molecule has 0 fully saturated rings. The molecule has 0 aliphatic carbocycles. The number of hydrogen-bond donors (Lipinski definition) is 0. The van der Waals surface area contributed by atoms with Crippen molar-refractivity contribution in [3.05, 3.63) is 108 Å². The summed E-state index contributed by atoms with van der Waals surface area (Å²) in [6.45, 7) is 2.16. The van der Waals surface area contributed by atoms with Crippen LogP contribution in [0.4, 0.5) is 0 Å². The average molecular weight is 336 g/mol. The van der Waals surface area contributed by atoms with E-state index in [0.29, 0.717) is 0 Å². The van der Waals surface area contributed by atoms with E-state index < -0.39 is 0 Å². The summed E-state index contributed by atoms with van der Waals surface area (Å²) < 4.78 is 0. The Bertz CT molecular complexity index is 912. The molecule has 0 saturated carbocycles. The summed E-state index contributed by atoms with van der Waals surface area (Å²) in [5.41, 5.74) is 6.32. The molecule has 4 rings (SSSR count). The van der Waals surface area contributed by atoms with Crippen molar-refractivity contribution in [3.63, 3.8) is 0 Å². The van der Waals surface area contributed by atoms with Crippen molar-refractivity contribution in [1.29, 1.82) is 0 Å². The lowest BCUT2D eigenvalue weighted by molar-refractivity contribution is 0.835. The van der Waals surface area contributed by atoms with Gasteiger partial charge in [0.25, 0.3) is 0 Å². The predicted molar refractivity (Wildman–Crippen MR) is 107 cm³/mol. The number of hydrogen-bond acceptors (Lipinski definition) is 2. The maximum absolute atomic E-state index is 4.88. The van der Waals surface area contributed by atoms with Gasteiger partial charge < -0.3 is 0 Å². The Balaban J connectivity index is 1.67. The second kappa shape index (κ2) is 7.32. The first-order chi connectivity index (χ1) is 12.8. The molecular weight excluding hydrogens is 316 g/mol. The Labute approximate surface area is 154 Å². The standard InChI is InChI=1S/C24H20N2/c1-18(21-14-8-16-23(25-21)19-10-4-2-5-11-19)22-15-9-17-24(26-22)20-12-6-3-7-13-20/h2-18H,1H3. The molecule has 4 aromatic rings. The Kier molecular flexibility index (Phi) is 4.57.